The molecule has 19 heavy (non-hydrogen) atoms. The first-order valence-electron chi connectivity index (χ1n) is 5.98. The van der Waals surface area contributed by atoms with Crippen LogP contribution < -0.4 is 20.7 Å². The molecule has 7 heteroatoms. The maximum atomic E-state index is 11.3. The van der Waals surface area contributed by atoms with E-state index in [1.807, 2.05) is 0 Å². The quantitative estimate of drug-likeness (QED) is 0.530. The molecule has 1 heterocycles. The summed E-state index contributed by atoms with van der Waals surface area (Å²) in [6, 6.07) is 3.32. The van der Waals surface area contributed by atoms with Crippen molar-refractivity contribution in [2.24, 2.45) is 0 Å². The number of benzene rings is 1. The number of ether oxygens (including phenoxy) is 1. The summed E-state index contributed by atoms with van der Waals surface area (Å²) in [5.41, 5.74) is 7.60. The molecule has 0 unspecified atom stereocenters. The van der Waals surface area contributed by atoms with Gasteiger partial charge in [-0.1, -0.05) is 0 Å². The molecule has 0 bridgehead atoms. The van der Waals surface area contributed by atoms with Crippen LogP contribution in [0.1, 0.15) is 0 Å². The Kier molecular flexibility index (Phi) is 4.08. The highest BCUT2D eigenvalue weighted by Crippen LogP contribution is 2.36. The molecule has 0 aromatic heterocycles. The third-order valence-corrected chi connectivity index (χ3v) is 2.84. The maximum absolute atomic E-state index is 11.3. The number of nitrogens with two attached hydrogens (primary N) is 1. The molecule has 1 aromatic carbocycles. The summed E-state index contributed by atoms with van der Waals surface area (Å²) in [6.07, 6.45) is 0. The van der Waals surface area contributed by atoms with Gasteiger partial charge in [-0.15, -0.1) is 0 Å². The molecule has 1 aliphatic heterocycles. The molecule has 7 nitrogen and oxygen atoms in total. The Morgan fingerprint density at radius 3 is 2.63 bits per heavy atom. The van der Waals surface area contributed by atoms with Gasteiger partial charge in [0, 0.05) is 19.2 Å². The fraction of sp³-hybridized carbons (Fsp3) is 0.417. The highest BCUT2D eigenvalue weighted by Gasteiger charge is 2.19. The van der Waals surface area contributed by atoms with Crippen molar-refractivity contribution < 1.29 is 19.7 Å². The molecule has 0 saturated carbocycles. The molecule has 1 aliphatic rings. The van der Waals surface area contributed by atoms with Crippen molar-refractivity contribution in [1.29, 1.82) is 0 Å². The molecule has 5 N–H and O–H groups in total. The van der Waals surface area contributed by atoms with Crippen molar-refractivity contribution in [3.8, 4) is 5.75 Å². The van der Waals surface area contributed by atoms with Gasteiger partial charge < -0.3 is 30.9 Å². The summed E-state index contributed by atoms with van der Waals surface area (Å²) in [5.74, 6) is 0.299. The lowest BCUT2D eigenvalue weighted by Gasteiger charge is -2.27. The number of nitrogen functional groups attached to an aromatic ring is 1. The topological polar surface area (TPSA) is 108 Å². The number of nitrogens with zero attached hydrogens (tertiary/aromatic N) is 1. The van der Waals surface area contributed by atoms with Crippen LogP contribution >= 0.6 is 0 Å². The minimum Gasteiger partial charge on any atom is -0.482 e. The van der Waals surface area contributed by atoms with Crippen LogP contribution in [0.15, 0.2) is 12.1 Å². The zero-order valence-electron chi connectivity index (χ0n) is 10.4. The van der Waals surface area contributed by atoms with E-state index in [-0.39, 0.29) is 25.7 Å². The van der Waals surface area contributed by atoms with E-state index in [0.717, 1.165) is 0 Å². The zero-order chi connectivity index (χ0) is 13.8. The van der Waals surface area contributed by atoms with Gasteiger partial charge in [-0.2, -0.15) is 0 Å². The van der Waals surface area contributed by atoms with Gasteiger partial charge in [-0.05, 0) is 6.07 Å². The van der Waals surface area contributed by atoms with Crippen LogP contribution in [0.25, 0.3) is 0 Å². The van der Waals surface area contributed by atoms with Crippen LogP contribution in [0, 0.1) is 0 Å². The van der Waals surface area contributed by atoms with Crippen molar-refractivity contribution in [2.75, 3.05) is 48.9 Å². The van der Waals surface area contributed by atoms with Gasteiger partial charge in [0.05, 0.1) is 30.3 Å². The summed E-state index contributed by atoms with van der Waals surface area (Å²) in [5, 5.41) is 20.8. The van der Waals surface area contributed by atoms with Gasteiger partial charge >= 0.3 is 0 Å². The summed E-state index contributed by atoms with van der Waals surface area (Å²) in [7, 11) is 0. The van der Waals surface area contributed by atoms with Crippen LogP contribution in [0.4, 0.5) is 17.1 Å². The fourth-order valence-corrected chi connectivity index (χ4v) is 2.00. The second kappa shape index (κ2) is 5.77. The van der Waals surface area contributed by atoms with E-state index in [0.29, 0.717) is 35.9 Å². The summed E-state index contributed by atoms with van der Waals surface area (Å²) in [4.78, 5) is 13.0. The molecule has 2 rings (SSSR count). The molecule has 104 valence electrons. The Balaban J connectivity index is 2.34. The summed E-state index contributed by atoms with van der Waals surface area (Å²) >= 11 is 0. The number of aliphatic hydroxyl groups excluding tert-OH is 2. The largest absolute Gasteiger partial charge is 0.482 e. The van der Waals surface area contributed by atoms with E-state index in [1.54, 1.807) is 17.0 Å². The normalized spacial score (nSPS) is 13.5. The number of nitrogens with one attached hydrogen (secondary N) is 1. The van der Waals surface area contributed by atoms with Crippen molar-refractivity contribution in [1.82, 2.24) is 0 Å². The van der Waals surface area contributed by atoms with Crippen LogP contribution in [0.2, 0.25) is 0 Å². The van der Waals surface area contributed by atoms with Gasteiger partial charge in [-0.25, -0.2) is 0 Å². The number of amides is 1. The number of fused-ring (bicyclic) bond motifs is 1. The lowest BCUT2D eigenvalue weighted by atomic mass is 10.2. The Morgan fingerprint density at radius 2 is 2.00 bits per heavy atom. The summed E-state index contributed by atoms with van der Waals surface area (Å²) in [6.45, 7) is 0.554. The van der Waals surface area contributed by atoms with Gasteiger partial charge in [0.25, 0.3) is 5.91 Å². The first kappa shape index (κ1) is 13.4. The summed E-state index contributed by atoms with van der Waals surface area (Å²) < 4.78 is 5.26. The van der Waals surface area contributed by atoms with Crippen molar-refractivity contribution in [3.05, 3.63) is 12.1 Å². The van der Waals surface area contributed by atoms with E-state index < -0.39 is 0 Å². The maximum Gasteiger partial charge on any atom is 0.262 e. The number of hydrogen-bond donors (Lipinski definition) is 4. The lowest BCUT2D eigenvalue weighted by molar-refractivity contribution is -0.118. The van der Waals surface area contributed by atoms with Crippen LogP contribution in [0.3, 0.4) is 0 Å². The van der Waals surface area contributed by atoms with Gasteiger partial charge in [0.2, 0.25) is 0 Å². The number of carbonyl (C=O) groups excluding carboxylic acids is 1. The van der Waals surface area contributed by atoms with Crippen LogP contribution in [0.5, 0.6) is 5.75 Å². The lowest BCUT2D eigenvalue weighted by Crippen LogP contribution is -2.31. The van der Waals surface area contributed by atoms with E-state index in [4.69, 9.17) is 20.7 Å². The van der Waals surface area contributed by atoms with Crippen molar-refractivity contribution >= 4 is 23.0 Å². The Bertz CT molecular complexity index is 472. The predicted octanol–water partition coefficient (Wildman–Crippen LogP) is -0.609. The van der Waals surface area contributed by atoms with Gasteiger partial charge in [-0.3, -0.25) is 4.79 Å². The van der Waals surface area contributed by atoms with Crippen LogP contribution in [-0.4, -0.2) is 49.0 Å². The van der Waals surface area contributed by atoms with Crippen molar-refractivity contribution in [3.63, 3.8) is 0 Å². The number of carbonyl (C=O) groups is 1. The first-order chi connectivity index (χ1) is 9.15. The number of aliphatic hydroxyl groups is 2. The van der Waals surface area contributed by atoms with E-state index in [2.05, 4.69) is 5.32 Å². The molecule has 0 atom stereocenters. The Hall–Kier alpha value is -1.99. The smallest absolute Gasteiger partial charge is 0.262 e. The van der Waals surface area contributed by atoms with Gasteiger partial charge in [0.15, 0.2) is 6.61 Å². The third kappa shape index (κ3) is 2.88. The average molecular weight is 267 g/mol. The fourth-order valence-electron chi connectivity index (χ4n) is 2.00. The molecule has 0 aliphatic carbocycles. The van der Waals surface area contributed by atoms with E-state index >= 15 is 0 Å². The van der Waals surface area contributed by atoms with E-state index in [1.165, 1.54) is 0 Å². The molecule has 1 amide bonds. The minimum atomic E-state index is -0.223. The highest BCUT2D eigenvalue weighted by atomic mass is 16.5. The second-order valence-electron chi connectivity index (χ2n) is 4.18. The second-order valence-corrected chi connectivity index (χ2v) is 4.18. The Morgan fingerprint density at radius 1 is 1.32 bits per heavy atom. The number of anilines is 3. The average Bonchev–Trinajstić information content (AvgIpc) is 2.38. The molecule has 0 saturated heterocycles. The molecular formula is C12H17N3O4. The SMILES string of the molecule is Nc1cc2c(cc1N(CCO)CCO)NC(=O)CO2. The third-order valence-electron chi connectivity index (χ3n) is 2.84. The Labute approximate surface area is 110 Å². The van der Waals surface area contributed by atoms with Gasteiger partial charge in [0.1, 0.15) is 5.75 Å². The first-order valence-corrected chi connectivity index (χ1v) is 5.98. The molecule has 0 fully saturated rings. The molecule has 0 radical (unpaired) electrons. The minimum absolute atomic E-state index is 0.0250. The number of rotatable bonds is 5. The monoisotopic (exact) mass is 267 g/mol. The highest BCUT2D eigenvalue weighted by molar-refractivity contribution is 5.97. The van der Waals surface area contributed by atoms with Crippen LogP contribution in [-0.2, 0) is 4.79 Å². The predicted molar refractivity (Wildman–Crippen MR) is 71.4 cm³/mol. The standard InChI is InChI=1S/C12H17N3O4/c13-8-5-11-9(14-12(18)7-19-11)6-10(8)15(1-3-16)2-4-17/h5-6,16-17H,1-4,7,13H2,(H,14,18). The molecular weight excluding hydrogens is 250 g/mol. The van der Waals surface area contributed by atoms with E-state index in [9.17, 15) is 4.79 Å². The number of hydrogen-bond acceptors (Lipinski definition) is 6. The molecule has 0 spiro atoms. The zero-order valence-corrected chi connectivity index (χ0v) is 10.4. The van der Waals surface area contributed by atoms with Crippen molar-refractivity contribution in [2.45, 2.75) is 0 Å². The molecule has 1 aromatic rings.